The number of anilines is 1. The number of nitrogens with zero attached hydrogens (tertiary/aromatic N) is 2. The van der Waals surface area contributed by atoms with Crippen LogP contribution in [0.4, 0.5) is 11.4 Å². The lowest BCUT2D eigenvalue weighted by Gasteiger charge is -2.24. The summed E-state index contributed by atoms with van der Waals surface area (Å²) < 4.78 is 5.74. The van der Waals surface area contributed by atoms with Crippen molar-refractivity contribution in [3.63, 3.8) is 0 Å². The minimum atomic E-state index is -1.30. The summed E-state index contributed by atoms with van der Waals surface area (Å²) in [6.07, 6.45) is 2.77. The molecule has 2 fully saturated rings. The van der Waals surface area contributed by atoms with Gasteiger partial charge in [0, 0.05) is 29.7 Å². The van der Waals surface area contributed by atoms with E-state index in [1.165, 1.54) is 29.2 Å². The fraction of sp³-hybridized carbons (Fsp3) is 0.333. The molecule has 1 spiro atoms. The summed E-state index contributed by atoms with van der Waals surface area (Å²) in [6.45, 7) is 0.186. The summed E-state index contributed by atoms with van der Waals surface area (Å²) in [5.74, 6) is -3.49. The van der Waals surface area contributed by atoms with Crippen molar-refractivity contribution in [3.05, 3.63) is 46.5 Å². The number of rotatable bonds is 3. The van der Waals surface area contributed by atoms with Crippen LogP contribution in [0, 0.1) is 22.0 Å². The van der Waals surface area contributed by atoms with E-state index < -0.39 is 34.4 Å². The SMILES string of the molecule is O=C([O-])[C@H]1[C@H]2C=C[C@@]3(CN(c4ccc([N+](=O)[O-])cc4)C(=O)[C@@H]13)O2. The molecule has 0 radical (unpaired) electrons. The Labute approximate surface area is 130 Å². The van der Waals surface area contributed by atoms with E-state index in [9.17, 15) is 24.8 Å². The van der Waals surface area contributed by atoms with Crippen molar-refractivity contribution in [1.29, 1.82) is 0 Å². The lowest BCUT2D eigenvalue weighted by molar-refractivity contribution is -0.384. The van der Waals surface area contributed by atoms with Gasteiger partial charge in [0.15, 0.2) is 0 Å². The van der Waals surface area contributed by atoms with Crippen LogP contribution in [0.25, 0.3) is 0 Å². The number of aliphatic carboxylic acids is 1. The lowest BCUT2D eigenvalue weighted by atomic mass is 9.77. The molecule has 1 aromatic carbocycles. The van der Waals surface area contributed by atoms with Gasteiger partial charge in [-0.25, -0.2) is 0 Å². The van der Waals surface area contributed by atoms with Crippen molar-refractivity contribution < 1.29 is 24.4 Å². The van der Waals surface area contributed by atoms with Gasteiger partial charge < -0.3 is 19.5 Å². The van der Waals surface area contributed by atoms with Crippen molar-refractivity contribution in [1.82, 2.24) is 0 Å². The molecule has 1 amide bonds. The molecular formula is C15H11N2O6-. The number of benzene rings is 1. The molecule has 3 heterocycles. The highest BCUT2D eigenvalue weighted by Crippen LogP contribution is 2.52. The van der Waals surface area contributed by atoms with Gasteiger partial charge in [-0.2, -0.15) is 0 Å². The van der Waals surface area contributed by atoms with Crippen LogP contribution >= 0.6 is 0 Å². The number of carbonyl (C=O) groups excluding carboxylic acids is 2. The maximum atomic E-state index is 12.7. The van der Waals surface area contributed by atoms with Crippen molar-refractivity contribution in [2.75, 3.05) is 11.4 Å². The summed E-state index contributed by atoms with van der Waals surface area (Å²) in [4.78, 5) is 35.7. The topological polar surface area (TPSA) is 113 Å². The number of amides is 1. The summed E-state index contributed by atoms with van der Waals surface area (Å²) in [7, 11) is 0. The maximum absolute atomic E-state index is 12.7. The highest BCUT2D eigenvalue weighted by molar-refractivity contribution is 6.02. The standard InChI is InChI=1S/C15H12N2O6/c18-13-12-11(14(19)20)10-5-6-15(12,23-10)7-16(13)8-1-3-9(4-2-8)17(21)22/h1-6,10-12H,7H2,(H,19,20)/p-1/t10-,11+,12-,15+/m1/s1. The number of ether oxygens (including phenoxy) is 1. The van der Waals surface area contributed by atoms with E-state index in [1.807, 2.05) is 0 Å². The first-order chi connectivity index (χ1) is 10.9. The Morgan fingerprint density at radius 3 is 2.65 bits per heavy atom. The zero-order chi connectivity index (χ0) is 16.4. The van der Waals surface area contributed by atoms with Gasteiger partial charge in [-0.3, -0.25) is 14.9 Å². The summed E-state index contributed by atoms with van der Waals surface area (Å²) in [5.41, 5.74) is -0.556. The smallest absolute Gasteiger partial charge is 0.269 e. The number of carboxylic acids is 1. The van der Waals surface area contributed by atoms with Gasteiger partial charge in [0.25, 0.3) is 5.69 Å². The number of nitro groups is 1. The average Bonchev–Trinajstić information content (AvgIpc) is 3.15. The molecule has 4 atom stereocenters. The van der Waals surface area contributed by atoms with E-state index in [2.05, 4.69) is 0 Å². The second-order valence-electron chi connectivity index (χ2n) is 5.92. The number of fused-ring (bicyclic) bond motifs is 1. The van der Waals surface area contributed by atoms with E-state index in [0.29, 0.717) is 5.69 Å². The molecule has 8 heteroatoms. The largest absolute Gasteiger partial charge is 0.550 e. The second kappa shape index (κ2) is 4.39. The van der Waals surface area contributed by atoms with Crippen molar-refractivity contribution in [2.45, 2.75) is 11.7 Å². The molecule has 1 aromatic rings. The number of carbonyl (C=O) groups is 2. The molecule has 2 bridgehead atoms. The Bertz CT molecular complexity index is 758. The minimum absolute atomic E-state index is 0.0801. The molecule has 8 nitrogen and oxygen atoms in total. The Morgan fingerprint density at radius 2 is 2.04 bits per heavy atom. The fourth-order valence-corrected chi connectivity index (χ4v) is 3.74. The average molecular weight is 315 g/mol. The highest BCUT2D eigenvalue weighted by atomic mass is 16.6. The van der Waals surface area contributed by atoms with E-state index in [0.717, 1.165) is 0 Å². The van der Waals surface area contributed by atoms with Crippen LogP contribution in [0.1, 0.15) is 0 Å². The first kappa shape index (κ1) is 13.9. The van der Waals surface area contributed by atoms with Crippen LogP contribution < -0.4 is 10.0 Å². The molecule has 4 rings (SSSR count). The van der Waals surface area contributed by atoms with Crippen LogP contribution in [-0.2, 0) is 14.3 Å². The summed E-state index contributed by atoms with van der Waals surface area (Å²) in [6, 6.07) is 5.55. The number of hydrogen-bond donors (Lipinski definition) is 0. The molecule has 2 saturated heterocycles. The van der Waals surface area contributed by atoms with E-state index in [-0.39, 0.29) is 18.1 Å². The van der Waals surface area contributed by atoms with Gasteiger partial charge in [0.1, 0.15) is 5.60 Å². The number of nitro benzene ring substituents is 1. The van der Waals surface area contributed by atoms with Gasteiger partial charge in [-0.1, -0.05) is 12.2 Å². The molecule has 0 aliphatic carbocycles. The zero-order valence-corrected chi connectivity index (χ0v) is 11.7. The third-order valence-electron chi connectivity index (χ3n) is 4.74. The quantitative estimate of drug-likeness (QED) is 0.427. The number of non-ortho nitro benzene ring substituents is 1. The van der Waals surface area contributed by atoms with Gasteiger partial charge in [-0.15, -0.1) is 0 Å². The third kappa shape index (κ3) is 1.75. The van der Waals surface area contributed by atoms with Crippen molar-refractivity contribution in [2.24, 2.45) is 11.8 Å². The van der Waals surface area contributed by atoms with Gasteiger partial charge >= 0.3 is 0 Å². The molecule has 0 aromatic heterocycles. The molecule has 23 heavy (non-hydrogen) atoms. The van der Waals surface area contributed by atoms with Crippen LogP contribution in [0.2, 0.25) is 0 Å². The number of carboxylic acid groups (broad SMARTS) is 1. The lowest BCUT2D eigenvalue weighted by Crippen LogP contribution is -2.45. The molecule has 118 valence electrons. The summed E-state index contributed by atoms with van der Waals surface area (Å²) >= 11 is 0. The van der Waals surface area contributed by atoms with Gasteiger partial charge in [0.2, 0.25) is 5.91 Å². The van der Waals surface area contributed by atoms with E-state index >= 15 is 0 Å². The predicted molar refractivity (Wildman–Crippen MR) is 74.2 cm³/mol. The molecular weight excluding hydrogens is 304 g/mol. The molecule has 0 saturated carbocycles. The van der Waals surface area contributed by atoms with Crippen molar-refractivity contribution in [3.8, 4) is 0 Å². The predicted octanol–water partition coefficient (Wildman–Crippen LogP) is -0.369. The van der Waals surface area contributed by atoms with Crippen LogP contribution in [0.3, 0.4) is 0 Å². The molecule has 0 unspecified atom stereocenters. The van der Waals surface area contributed by atoms with E-state index in [1.54, 1.807) is 12.2 Å². The molecule has 3 aliphatic heterocycles. The Kier molecular flexibility index (Phi) is 2.65. The minimum Gasteiger partial charge on any atom is -0.550 e. The third-order valence-corrected chi connectivity index (χ3v) is 4.74. The van der Waals surface area contributed by atoms with Gasteiger partial charge in [-0.05, 0) is 12.1 Å². The second-order valence-corrected chi connectivity index (χ2v) is 5.92. The number of hydrogen-bond acceptors (Lipinski definition) is 6. The van der Waals surface area contributed by atoms with E-state index in [4.69, 9.17) is 4.74 Å². The monoisotopic (exact) mass is 315 g/mol. The fourth-order valence-electron chi connectivity index (χ4n) is 3.74. The Hall–Kier alpha value is -2.74. The van der Waals surface area contributed by atoms with Crippen LogP contribution in [0.5, 0.6) is 0 Å². The normalized spacial score (nSPS) is 34.0. The first-order valence-corrected chi connectivity index (χ1v) is 7.07. The molecule has 3 aliphatic rings. The Balaban J connectivity index is 1.69. The summed E-state index contributed by atoms with van der Waals surface area (Å²) in [5, 5.41) is 22.1. The van der Waals surface area contributed by atoms with Crippen LogP contribution in [0.15, 0.2) is 36.4 Å². The van der Waals surface area contributed by atoms with Gasteiger partial charge in [0.05, 0.1) is 23.5 Å². The maximum Gasteiger partial charge on any atom is 0.269 e. The van der Waals surface area contributed by atoms with Crippen molar-refractivity contribution >= 4 is 23.3 Å². The molecule has 0 N–H and O–H groups in total. The first-order valence-electron chi connectivity index (χ1n) is 7.07. The highest BCUT2D eigenvalue weighted by Gasteiger charge is 2.65. The van der Waals surface area contributed by atoms with Crippen LogP contribution in [-0.4, -0.2) is 35.0 Å². The zero-order valence-electron chi connectivity index (χ0n) is 11.7. The Morgan fingerprint density at radius 1 is 1.35 bits per heavy atom.